The first-order valence-electron chi connectivity index (χ1n) is 4.73. The number of hydrogen-bond acceptors (Lipinski definition) is 3. The van der Waals surface area contributed by atoms with Crippen molar-refractivity contribution in [2.45, 2.75) is 26.2 Å². The van der Waals surface area contributed by atoms with Crippen molar-refractivity contribution in [1.29, 1.82) is 0 Å². The van der Waals surface area contributed by atoms with Gasteiger partial charge in [-0.3, -0.25) is 0 Å². The lowest BCUT2D eigenvalue weighted by Crippen LogP contribution is -2.15. The van der Waals surface area contributed by atoms with Gasteiger partial charge >= 0.3 is 5.97 Å². The van der Waals surface area contributed by atoms with Crippen LogP contribution >= 0.6 is 0 Å². The highest BCUT2D eigenvalue weighted by molar-refractivity contribution is 5.89. The van der Waals surface area contributed by atoms with Crippen LogP contribution in [0.3, 0.4) is 0 Å². The Balaban J connectivity index is 2.75. The summed E-state index contributed by atoms with van der Waals surface area (Å²) in [6.07, 6.45) is 2.94. The van der Waals surface area contributed by atoms with Gasteiger partial charge in [-0.1, -0.05) is 0 Å². The Kier molecular flexibility index (Phi) is 3.34. The molecule has 3 heteroatoms. The standard InChI is InChI=1S/C10H17NO2/c1-4-13-10(12)8-6-5-7-9(8)11(2)3/h4-7H2,1-3H3. The van der Waals surface area contributed by atoms with Crippen molar-refractivity contribution in [3.63, 3.8) is 0 Å². The fourth-order valence-corrected chi connectivity index (χ4v) is 1.66. The molecular weight excluding hydrogens is 166 g/mol. The summed E-state index contributed by atoms with van der Waals surface area (Å²) < 4.78 is 4.98. The molecule has 0 bridgehead atoms. The molecule has 0 unspecified atom stereocenters. The summed E-state index contributed by atoms with van der Waals surface area (Å²) in [6, 6.07) is 0. The second-order valence-electron chi connectivity index (χ2n) is 3.39. The molecule has 0 aliphatic heterocycles. The lowest BCUT2D eigenvalue weighted by Gasteiger charge is -2.15. The van der Waals surface area contributed by atoms with Crippen LogP contribution in [0.2, 0.25) is 0 Å². The maximum Gasteiger partial charge on any atom is 0.335 e. The molecule has 0 atom stereocenters. The summed E-state index contributed by atoms with van der Waals surface area (Å²) in [7, 11) is 3.94. The zero-order valence-electron chi connectivity index (χ0n) is 8.59. The molecule has 0 radical (unpaired) electrons. The maximum atomic E-state index is 11.5. The summed E-state index contributed by atoms with van der Waals surface area (Å²) in [6.45, 7) is 2.30. The Morgan fingerprint density at radius 1 is 1.46 bits per heavy atom. The smallest absolute Gasteiger partial charge is 0.335 e. The quantitative estimate of drug-likeness (QED) is 0.622. The van der Waals surface area contributed by atoms with Gasteiger partial charge in [0.05, 0.1) is 12.2 Å². The molecule has 0 N–H and O–H groups in total. The van der Waals surface area contributed by atoms with Crippen LogP contribution in [0.5, 0.6) is 0 Å². The van der Waals surface area contributed by atoms with Gasteiger partial charge in [-0.05, 0) is 26.2 Å². The third kappa shape index (κ3) is 2.23. The number of carbonyl (C=O) groups excluding carboxylic acids is 1. The van der Waals surface area contributed by atoms with E-state index in [1.807, 2.05) is 25.9 Å². The normalized spacial score (nSPS) is 16.2. The largest absolute Gasteiger partial charge is 0.463 e. The first kappa shape index (κ1) is 10.1. The number of nitrogens with zero attached hydrogens (tertiary/aromatic N) is 1. The highest BCUT2D eigenvalue weighted by Gasteiger charge is 2.22. The van der Waals surface area contributed by atoms with Gasteiger partial charge in [0.2, 0.25) is 0 Å². The molecule has 0 fully saturated rings. The van der Waals surface area contributed by atoms with Gasteiger partial charge in [-0.15, -0.1) is 0 Å². The van der Waals surface area contributed by atoms with Crippen LogP contribution in [0, 0.1) is 0 Å². The van der Waals surface area contributed by atoms with E-state index in [1.165, 1.54) is 0 Å². The minimum atomic E-state index is -0.135. The first-order chi connectivity index (χ1) is 6.16. The van der Waals surface area contributed by atoms with Gasteiger partial charge in [0, 0.05) is 19.8 Å². The molecular formula is C10H17NO2. The molecule has 1 aliphatic rings. The van der Waals surface area contributed by atoms with E-state index in [0.29, 0.717) is 6.61 Å². The number of hydrogen-bond donors (Lipinski definition) is 0. The van der Waals surface area contributed by atoms with Gasteiger partial charge in [-0.2, -0.15) is 0 Å². The monoisotopic (exact) mass is 183 g/mol. The van der Waals surface area contributed by atoms with Crippen molar-refractivity contribution in [2.24, 2.45) is 0 Å². The van der Waals surface area contributed by atoms with E-state index in [9.17, 15) is 4.79 Å². The second kappa shape index (κ2) is 4.30. The van der Waals surface area contributed by atoms with Gasteiger partial charge in [-0.25, -0.2) is 4.79 Å². The van der Waals surface area contributed by atoms with Gasteiger partial charge in [0.15, 0.2) is 0 Å². The average Bonchev–Trinajstić information content (AvgIpc) is 2.52. The third-order valence-corrected chi connectivity index (χ3v) is 2.25. The Morgan fingerprint density at radius 3 is 2.69 bits per heavy atom. The Morgan fingerprint density at radius 2 is 2.15 bits per heavy atom. The Hall–Kier alpha value is -0.990. The predicted octanol–water partition coefficient (Wildman–Crippen LogP) is 1.55. The number of rotatable bonds is 3. The number of ether oxygens (including phenoxy) is 1. The summed E-state index contributed by atoms with van der Waals surface area (Å²) in [5.41, 5.74) is 2.00. The van der Waals surface area contributed by atoms with Gasteiger partial charge in [0.1, 0.15) is 0 Å². The second-order valence-corrected chi connectivity index (χ2v) is 3.39. The van der Waals surface area contributed by atoms with E-state index in [4.69, 9.17) is 4.74 Å². The van der Waals surface area contributed by atoms with Gasteiger partial charge in [0.25, 0.3) is 0 Å². The molecule has 0 aromatic heterocycles. The Labute approximate surface area is 79.4 Å². The van der Waals surface area contributed by atoms with E-state index in [-0.39, 0.29) is 5.97 Å². The first-order valence-corrected chi connectivity index (χ1v) is 4.73. The molecule has 0 saturated heterocycles. The molecule has 0 aromatic rings. The zero-order chi connectivity index (χ0) is 9.84. The van der Waals surface area contributed by atoms with Crippen LogP contribution < -0.4 is 0 Å². The molecule has 3 nitrogen and oxygen atoms in total. The molecule has 0 amide bonds. The summed E-state index contributed by atoms with van der Waals surface area (Å²) in [5.74, 6) is -0.135. The van der Waals surface area contributed by atoms with Crippen LogP contribution in [-0.4, -0.2) is 31.6 Å². The van der Waals surface area contributed by atoms with Crippen molar-refractivity contribution in [3.05, 3.63) is 11.3 Å². The van der Waals surface area contributed by atoms with Crippen molar-refractivity contribution in [1.82, 2.24) is 4.90 Å². The van der Waals surface area contributed by atoms with E-state index < -0.39 is 0 Å². The lowest BCUT2D eigenvalue weighted by atomic mass is 10.2. The van der Waals surface area contributed by atoms with Crippen molar-refractivity contribution < 1.29 is 9.53 Å². The van der Waals surface area contributed by atoms with E-state index in [1.54, 1.807) is 0 Å². The van der Waals surface area contributed by atoms with Crippen molar-refractivity contribution in [3.8, 4) is 0 Å². The number of carbonyl (C=O) groups is 1. The minimum absolute atomic E-state index is 0.135. The van der Waals surface area contributed by atoms with Crippen LogP contribution in [0.15, 0.2) is 11.3 Å². The molecule has 0 heterocycles. The fraction of sp³-hybridized carbons (Fsp3) is 0.700. The van der Waals surface area contributed by atoms with Gasteiger partial charge < -0.3 is 9.64 Å². The van der Waals surface area contributed by atoms with Crippen molar-refractivity contribution in [2.75, 3.05) is 20.7 Å². The minimum Gasteiger partial charge on any atom is -0.463 e. The summed E-state index contributed by atoms with van der Waals surface area (Å²) >= 11 is 0. The molecule has 13 heavy (non-hydrogen) atoms. The van der Waals surface area contributed by atoms with E-state index in [0.717, 1.165) is 30.5 Å². The lowest BCUT2D eigenvalue weighted by molar-refractivity contribution is -0.138. The third-order valence-electron chi connectivity index (χ3n) is 2.25. The Bertz CT molecular complexity index is 231. The predicted molar refractivity (Wildman–Crippen MR) is 51.2 cm³/mol. The van der Waals surface area contributed by atoms with Crippen LogP contribution in [0.1, 0.15) is 26.2 Å². The van der Waals surface area contributed by atoms with Crippen LogP contribution in [0.4, 0.5) is 0 Å². The molecule has 0 aromatic carbocycles. The van der Waals surface area contributed by atoms with Crippen LogP contribution in [0.25, 0.3) is 0 Å². The summed E-state index contributed by atoms with van der Waals surface area (Å²) in [5, 5.41) is 0. The van der Waals surface area contributed by atoms with Crippen molar-refractivity contribution >= 4 is 5.97 Å². The van der Waals surface area contributed by atoms with Crippen LogP contribution in [-0.2, 0) is 9.53 Å². The summed E-state index contributed by atoms with van der Waals surface area (Å²) in [4.78, 5) is 13.5. The fourth-order valence-electron chi connectivity index (χ4n) is 1.66. The molecule has 1 rings (SSSR count). The topological polar surface area (TPSA) is 29.5 Å². The highest BCUT2D eigenvalue weighted by Crippen LogP contribution is 2.27. The zero-order valence-corrected chi connectivity index (χ0v) is 8.59. The highest BCUT2D eigenvalue weighted by atomic mass is 16.5. The van der Waals surface area contributed by atoms with E-state index >= 15 is 0 Å². The molecule has 1 aliphatic carbocycles. The average molecular weight is 183 g/mol. The maximum absolute atomic E-state index is 11.5. The van der Waals surface area contributed by atoms with E-state index in [2.05, 4.69) is 0 Å². The number of esters is 1. The number of allylic oxidation sites excluding steroid dienone is 1. The molecule has 0 saturated carbocycles. The SMILES string of the molecule is CCOC(=O)C1=C(N(C)C)CCC1. The molecule has 74 valence electrons. The molecule has 0 spiro atoms.